The number of carbonyl (C=O) groups is 4. The summed E-state index contributed by atoms with van der Waals surface area (Å²) in [6.07, 6.45) is 0.201. The molecule has 27 heavy (non-hydrogen) atoms. The Morgan fingerprint density at radius 1 is 1.07 bits per heavy atom. The first-order valence-corrected chi connectivity index (χ1v) is 10.3. The van der Waals surface area contributed by atoms with Gasteiger partial charge in [-0.1, -0.05) is 17.2 Å². The Bertz CT molecular complexity index is 936. The molecule has 0 radical (unpaired) electrons. The topological polar surface area (TPSA) is 118 Å². The van der Waals surface area contributed by atoms with Crippen LogP contribution < -0.4 is 0 Å². The lowest BCUT2D eigenvalue weighted by molar-refractivity contribution is -0.173. The Morgan fingerprint density at radius 3 is 2.26 bits per heavy atom. The minimum absolute atomic E-state index is 0.0149. The van der Waals surface area contributed by atoms with Crippen LogP contribution >= 0.6 is 0 Å². The molecule has 3 aliphatic rings. The second-order valence-electron chi connectivity index (χ2n) is 6.86. The molecule has 3 heterocycles. The van der Waals surface area contributed by atoms with Gasteiger partial charge in [0.25, 0.3) is 11.8 Å². The number of nitrogens with zero attached hydrogens (tertiary/aromatic N) is 2. The van der Waals surface area contributed by atoms with Crippen LogP contribution in [0.1, 0.15) is 33.6 Å². The molecule has 0 bridgehead atoms. The fraction of sp³-hybridized carbons (Fsp3) is 0.412. The maximum absolute atomic E-state index is 12.4. The summed E-state index contributed by atoms with van der Waals surface area (Å²) in [5.41, 5.74) is 0.297. The minimum Gasteiger partial charge on any atom is -0.338 e. The van der Waals surface area contributed by atoms with Crippen molar-refractivity contribution in [1.29, 1.82) is 0 Å². The predicted molar refractivity (Wildman–Crippen MR) is 89.9 cm³/mol. The summed E-state index contributed by atoms with van der Waals surface area (Å²) in [7, 11) is -3.17. The van der Waals surface area contributed by atoms with Gasteiger partial charge >= 0.3 is 5.97 Å². The van der Waals surface area contributed by atoms with Gasteiger partial charge in [0.15, 0.2) is 9.84 Å². The van der Waals surface area contributed by atoms with E-state index in [-0.39, 0.29) is 41.5 Å². The summed E-state index contributed by atoms with van der Waals surface area (Å²) in [4.78, 5) is 55.5. The Hall–Kier alpha value is -2.75. The second-order valence-corrected chi connectivity index (χ2v) is 9.09. The van der Waals surface area contributed by atoms with Gasteiger partial charge in [-0.15, -0.1) is 0 Å². The average molecular weight is 392 g/mol. The van der Waals surface area contributed by atoms with Crippen molar-refractivity contribution in [2.75, 3.05) is 18.1 Å². The lowest BCUT2D eigenvalue weighted by atomic mass is 10.1. The van der Waals surface area contributed by atoms with E-state index in [4.69, 9.17) is 4.84 Å². The first-order chi connectivity index (χ1) is 12.8. The molecule has 2 unspecified atom stereocenters. The lowest BCUT2D eigenvalue weighted by Crippen LogP contribution is -2.39. The Balaban J connectivity index is 1.44. The van der Waals surface area contributed by atoms with Crippen LogP contribution in [-0.2, 0) is 24.3 Å². The van der Waals surface area contributed by atoms with Crippen molar-refractivity contribution >= 4 is 33.5 Å². The normalized spacial score (nSPS) is 26.6. The van der Waals surface area contributed by atoms with Crippen LogP contribution in [0.15, 0.2) is 24.3 Å². The van der Waals surface area contributed by atoms with E-state index in [0.717, 1.165) is 0 Å². The van der Waals surface area contributed by atoms with Gasteiger partial charge in [0.1, 0.15) is 0 Å². The number of hydrogen-bond acceptors (Lipinski definition) is 7. The molecular weight excluding hydrogens is 376 g/mol. The number of amides is 3. The van der Waals surface area contributed by atoms with Crippen molar-refractivity contribution in [3.05, 3.63) is 35.4 Å². The van der Waals surface area contributed by atoms with Crippen LogP contribution in [0.3, 0.4) is 0 Å². The van der Waals surface area contributed by atoms with Gasteiger partial charge in [-0.3, -0.25) is 14.4 Å². The van der Waals surface area contributed by atoms with E-state index < -0.39 is 39.6 Å². The Morgan fingerprint density at radius 2 is 1.70 bits per heavy atom. The van der Waals surface area contributed by atoms with Crippen LogP contribution in [0.5, 0.6) is 0 Å². The first kappa shape index (κ1) is 17.7. The largest absolute Gasteiger partial charge is 0.338 e. The van der Waals surface area contributed by atoms with Crippen molar-refractivity contribution in [3.8, 4) is 0 Å². The zero-order chi connectivity index (χ0) is 19.3. The Kier molecular flexibility index (Phi) is 4.02. The molecule has 1 aromatic rings. The molecule has 0 aliphatic carbocycles. The van der Waals surface area contributed by atoms with Gasteiger partial charge in [-0.05, 0) is 18.6 Å². The van der Waals surface area contributed by atoms with E-state index in [9.17, 15) is 27.6 Å². The number of likely N-dealkylation sites (tertiary alicyclic amines) is 1. The molecule has 2 fully saturated rings. The molecule has 3 aliphatic heterocycles. The fourth-order valence-corrected chi connectivity index (χ4v) is 5.41. The van der Waals surface area contributed by atoms with E-state index >= 15 is 0 Å². The zero-order valence-electron chi connectivity index (χ0n) is 14.2. The van der Waals surface area contributed by atoms with Crippen molar-refractivity contribution in [2.45, 2.75) is 18.9 Å². The highest BCUT2D eigenvalue weighted by molar-refractivity contribution is 7.91. The maximum Gasteiger partial charge on any atom is 0.338 e. The van der Waals surface area contributed by atoms with Crippen LogP contribution in [-0.4, -0.2) is 66.2 Å². The highest BCUT2D eigenvalue weighted by Gasteiger charge is 2.45. The number of benzene rings is 1. The molecule has 3 amide bonds. The number of rotatable bonds is 3. The molecule has 0 spiro atoms. The molecule has 2 atom stereocenters. The number of fused-ring (bicyclic) bond motifs is 1. The molecule has 1 aromatic carbocycles. The number of sulfone groups is 1. The van der Waals surface area contributed by atoms with Crippen LogP contribution in [0.4, 0.5) is 0 Å². The third kappa shape index (κ3) is 2.99. The minimum atomic E-state index is -3.17. The molecule has 0 saturated carbocycles. The van der Waals surface area contributed by atoms with Crippen molar-refractivity contribution < 1.29 is 32.4 Å². The van der Waals surface area contributed by atoms with Crippen molar-refractivity contribution in [1.82, 2.24) is 9.96 Å². The lowest BCUT2D eigenvalue weighted by Gasteiger charge is -2.23. The summed E-state index contributed by atoms with van der Waals surface area (Å²) >= 11 is 0. The van der Waals surface area contributed by atoms with Crippen LogP contribution in [0.2, 0.25) is 0 Å². The summed E-state index contributed by atoms with van der Waals surface area (Å²) in [6.45, 7) is 0.0149. The summed E-state index contributed by atoms with van der Waals surface area (Å²) in [5.74, 6) is -3.60. The highest BCUT2D eigenvalue weighted by atomic mass is 32.2. The SMILES string of the molecule is O=C(ON1C(=O)c2ccccc2C1=O)C1CC(=O)N(C2CCS(=O)(=O)C2)C1. The van der Waals surface area contributed by atoms with Crippen LogP contribution in [0.25, 0.3) is 0 Å². The number of carbonyl (C=O) groups excluding carboxylic acids is 4. The maximum atomic E-state index is 12.4. The van der Waals surface area contributed by atoms with Gasteiger partial charge in [0, 0.05) is 19.0 Å². The molecule has 4 rings (SSSR count). The van der Waals surface area contributed by atoms with Crippen LogP contribution in [0, 0.1) is 5.92 Å². The summed E-state index contributed by atoms with van der Waals surface area (Å²) < 4.78 is 23.2. The van der Waals surface area contributed by atoms with Gasteiger partial charge in [-0.25, -0.2) is 13.2 Å². The Labute approximate surface area is 154 Å². The standard InChI is InChI=1S/C17H16N2O7S/c20-14-7-10(8-18(14)11-5-6-27(24,25)9-11)17(23)26-19-15(21)12-3-1-2-4-13(12)16(19)22/h1-4,10-11H,5-9H2. The van der Waals surface area contributed by atoms with E-state index in [1.165, 1.54) is 17.0 Å². The fourth-order valence-electron chi connectivity index (χ4n) is 3.68. The van der Waals surface area contributed by atoms with Gasteiger partial charge in [0.05, 0.1) is 28.6 Å². The number of imide groups is 1. The third-order valence-electron chi connectivity index (χ3n) is 5.08. The quantitative estimate of drug-likeness (QED) is 0.652. The van der Waals surface area contributed by atoms with Crippen molar-refractivity contribution in [3.63, 3.8) is 0 Å². The molecule has 9 nitrogen and oxygen atoms in total. The summed E-state index contributed by atoms with van der Waals surface area (Å²) in [5, 5.41) is 0.417. The van der Waals surface area contributed by atoms with E-state index in [1.54, 1.807) is 12.1 Å². The smallest absolute Gasteiger partial charge is 0.338 e. The molecular formula is C17H16N2O7S. The number of hydroxylamine groups is 2. The predicted octanol–water partition coefficient (Wildman–Crippen LogP) is -0.224. The third-order valence-corrected chi connectivity index (χ3v) is 6.83. The van der Waals surface area contributed by atoms with E-state index in [0.29, 0.717) is 11.5 Å². The molecule has 0 N–H and O–H groups in total. The molecule has 10 heteroatoms. The zero-order valence-corrected chi connectivity index (χ0v) is 15.0. The average Bonchev–Trinajstić information content (AvgIpc) is 3.26. The second kappa shape index (κ2) is 6.15. The van der Waals surface area contributed by atoms with E-state index in [1.807, 2.05) is 0 Å². The monoisotopic (exact) mass is 392 g/mol. The first-order valence-electron chi connectivity index (χ1n) is 8.46. The number of hydrogen-bond donors (Lipinski definition) is 0. The molecule has 2 saturated heterocycles. The van der Waals surface area contributed by atoms with Gasteiger partial charge < -0.3 is 9.74 Å². The van der Waals surface area contributed by atoms with E-state index in [2.05, 4.69) is 0 Å². The van der Waals surface area contributed by atoms with Gasteiger partial charge in [-0.2, -0.15) is 0 Å². The van der Waals surface area contributed by atoms with Gasteiger partial charge in [0.2, 0.25) is 5.91 Å². The molecule has 142 valence electrons. The highest BCUT2D eigenvalue weighted by Crippen LogP contribution is 2.28. The van der Waals surface area contributed by atoms with Crippen molar-refractivity contribution in [2.24, 2.45) is 5.92 Å². The summed E-state index contributed by atoms with van der Waals surface area (Å²) in [6, 6.07) is 5.67. The molecule has 0 aromatic heterocycles.